The zero-order valence-corrected chi connectivity index (χ0v) is 9.67. The molecule has 0 aromatic rings. The van der Waals surface area contributed by atoms with Crippen LogP contribution in [0.3, 0.4) is 0 Å². The number of rotatable bonds is 3. The summed E-state index contributed by atoms with van der Waals surface area (Å²) >= 11 is 0. The summed E-state index contributed by atoms with van der Waals surface area (Å²) in [5.74, 6) is 1.08. The molecule has 0 bridgehead atoms. The first-order chi connectivity index (χ1) is 7.13. The number of likely N-dealkylation sites (tertiary alicyclic amines) is 1. The maximum Gasteiger partial charge on any atom is 0.222 e. The molecule has 1 saturated heterocycles. The van der Waals surface area contributed by atoms with Gasteiger partial charge in [-0.1, -0.05) is 6.92 Å². The summed E-state index contributed by atoms with van der Waals surface area (Å²) in [4.78, 5) is 13.9. The predicted molar refractivity (Wildman–Crippen MR) is 60.3 cm³/mol. The summed E-state index contributed by atoms with van der Waals surface area (Å²) in [5.41, 5.74) is 6.02. The molecule has 1 aliphatic carbocycles. The Balaban J connectivity index is 1.79. The van der Waals surface area contributed by atoms with E-state index >= 15 is 0 Å². The number of hydrogen-bond acceptors (Lipinski definition) is 2. The van der Waals surface area contributed by atoms with Crippen molar-refractivity contribution >= 4 is 5.91 Å². The van der Waals surface area contributed by atoms with Crippen molar-refractivity contribution < 1.29 is 4.79 Å². The second kappa shape index (κ2) is 4.12. The molecule has 2 aliphatic rings. The smallest absolute Gasteiger partial charge is 0.222 e. The molecule has 1 saturated carbocycles. The zero-order chi connectivity index (χ0) is 10.9. The van der Waals surface area contributed by atoms with Crippen LogP contribution in [-0.2, 0) is 4.79 Å². The van der Waals surface area contributed by atoms with Gasteiger partial charge in [0.15, 0.2) is 0 Å². The van der Waals surface area contributed by atoms with E-state index in [1.807, 2.05) is 4.90 Å². The fourth-order valence-corrected chi connectivity index (χ4v) is 2.20. The Bertz CT molecular complexity index is 240. The average molecular weight is 210 g/mol. The number of nitrogens with two attached hydrogens (primary N) is 1. The normalized spacial score (nSPS) is 25.3. The van der Waals surface area contributed by atoms with Crippen LogP contribution in [0.25, 0.3) is 0 Å². The lowest BCUT2D eigenvalue weighted by molar-refractivity contribution is -0.133. The van der Waals surface area contributed by atoms with Crippen LogP contribution in [0.15, 0.2) is 0 Å². The lowest BCUT2D eigenvalue weighted by atomic mass is 9.80. The van der Waals surface area contributed by atoms with Crippen molar-refractivity contribution in [2.75, 3.05) is 19.6 Å². The molecule has 1 amide bonds. The second-order valence-electron chi connectivity index (χ2n) is 5.54. The second-order valence-corrected chi connectivity index (χ2v) is 5.54. The number of piperidine rings is 1. The minimum atomic E-state index is 0.274. The van der Waals surface area contributed by atoms with Crippen LogP contribution < -0.4 is 5.73 Å². The molecule has 1 aliphatic heterocycles. The number of carbonyl (C=O) groups is 1. The Hall–Kier alpha value is -0.570. The summed E-state index contributed by atoms with van der Waals surface area (Å²) in [7, 11) is 0. The van der Waals surface area contributed by atoms with E-state index in [1.165, 1.54) is 12.8 Å². The first kappa shape index (κ1) is 10.9. The van der Waals surface area contributed by atoms with Gasteiger partial charge in [0.1, 0.15) is 0 Å². The topological polar surface area (TPSA) is 46.3 Å². The summed E-state index contributed by atoms with van der Waals surface area (Å²) < 4.78 is 0. The van der Waals surface area contributed by atoms with Crippen LogP contribution in [0.1, 0.15) is 39.0 Å². The number of nitrogens with zero attached hydrogens (tertiary/aromatic N) is 1. The lowest BCUT2D eigenvalue weighted by Crippen LogP contribution is -2.44. The molecule has 1 heterocycles. The highest BCUT2D eigenvalue weighted by Gasteiger charge is 2.32. The predicted octanol–water partition coefficient (Wildman–Crippen LogP) is 1.37. The van der Waals surface area contributed by atoms with Crippen LogP contribution in [0.5, 0.6) is 0 Å². The summed E-state index contributed by atoms with van der Waals surface area (Å²) in [6.45, 7) is 4.81. The highest BCUT2D eigenvalue weighted by atomic mass is 16.2. The van der Waals surface area contributed by atoms with E-state index in [0.717, 1.165) is 38.9 Å². The van der Waals surface area contributed by atoms with Crippen LogP contribution in [0.4, 0.5) is 0 Å². The van der Waals surface area contributed by atoms with Gasteiger partial charge in [-0.15, -0.1) is 0 Å². The van der Waals surface area contributed by atoms with E-state index in [2.05, 4.69) is 6.92 Å². The highest BCUT2D eigenvalue weighted by molar-refractivity contribution is 5.76. The van der Waals surface area contributed by atoms with Crippen molar-refractivity contribution in [3.05, 3.63) is 0 Å². The van der Waals surface area contributed by atoms with E-state index in [0.29, 0.717) is 11.8 Å². The maximum atomic E-state index is 11.8. The maximum absolute atomic E-state index is 11.8. The molecule has 0 radical (unpaired) electrons. The standard InChI is InChI=1S/C12H22N2O/c1-12(9-13)4-6-14(7-5-12)11(15)8-10-2-3-10/h10H,2-9,13H2,1H3. The Morgan fingerprint density at radius 3 is 2.47 bits per heavy atom. The van der Waals surface area contributed by atoms with E-state index in [-0.39, 0.29) is 5.41 Å². The minimum absolute atomic E-state index is 0.274. The van der Waals surface area contributed by atoms with Crippen LogP contribution in [0.2, 0.25) is 0 Å². The monoisotopic (exact) mass is 210 g/mol. The van der Waals surface area contributed by atoms with Crippen LogP contribution >= 0.6 is 0 Å². The molecule has 15 heavy (non-hydrogen) atoms. The third kappa shape index (κ3) is 2.71. The SMILES string of the molecule is CC1(CN)CCN(C(=O)CC2CC2)CC1. The first-order valence-electron chi connectivity index (χ1n) is 6.11. The van der Waals surface area contributed by atoms with Crippen LogP contribution in [-0.4, -0.2) is 30.4 Å². The zero-order valence-electron chi connectivity index (χ0n) is 9.67. The van der Waals surface area contributed by atoms with Gasteiger partial charge in [0, 0.05) is 19.5 Å². The molecular formula is C12H22N2O. The Morgan fingerprint density at radius 1 is 1.40 bits per heavy atom. The molecule has 0 aromatic carbocycles. The summed E-state index contributed by atoms with van der Waals surface area (Å²) in [5, 5.41) is 0. The number of amides is 1. The van der Waals surface area contributed by atoms with E-state index in [9.17, 15) is 4.79 Å². The molecule has 3 heteroatoms. The van der Waals surface area contributed by atoms with Gasteiger partial charge in [-0.05, 0) is 43.6 Å². The third-order valence-corrected chi connectivity index (χ3v) is 3.98. The van der Waals surface area contributed by atoms with Gasteiger partial charge >= 0.3 is 0 Å². The first-order valence-corrected chi connectivity index (χ1v) is 6.11. The van der Waals surface area contributed by atoms with Crippen LogP contribution in [0, 0.1) is 11.3 Å². The van der Waals surface area contributed by atoms with Gasteiger partial charge in [0.25, 0.3) is 0 Å². The van der Waals surface area contributed by atoms with Crippen molar-refractivity contribution in [2.45, 2.75) is 39.0 Å². The van der Waals surface area contributed by atoms with Crippen molar-refractivity contribution in [2.24, 2.45) is 17.1 Å². The number of hydrogen-bond donors (Lipinski definition) is 1. The fourth-order valence-electron chi connectivity index (χ4n) is 2.20. The summed E-state index contributed by atoms with van der Waals surface area (Å²) in [6.07, 6.45) is 5.46. The molecular weight excluding hydrogens is 188 g/mol. The van der Waals surface area contributed by atoms with E-state index < -0.39 is 0 Å². The van der Waals surface area contributed by atoms with Crippen molar-refractivity contribution in [3.8, 4) is 0 Å². The molecule has 2 N–H and O–H groups in total. The lowest BCUT2D eigenvalue weighted by Gasteiger charge is -2.38. The van der Waals surface area contributed by atoms with Gasteiger partial charge in [-0.25, -0.2) is 0 Å². The number of carbonyl (C=O) groups excluding carboxylic acids is 1. The molecule has 86 valence electrons. The minimum Gasteiger partial charge on any atom is -0.343 e. The molecule has 2 rings (SSSR count). The average Bonchev–Trinajstić information content (AvgIpc) is 3.03. The molecule has 2 fully saturated rings. The fraction of sp³-hybridized carbons (Fsp3) is 0.917. The van der Waals surface area contributed by atoms with Crippen molar-refractivity contribution in [1.29, 1.82) is 0 Å². The third-order valence-electron chi connectivity index (χ3n) is 3.98. The highest BCUT2D eigenvalue weighted by Crippen LogP contribution is 2.34. The quantitative estimate of drug-likeness (QED) is 0.765. The molecule has 0 spiro atoms. The van der Waals surface area contributed by atoms with Crippen molar-refractivity contribution in [1.82, 2.24) is 4.90 Å². The molecule has 3 nitrogen and oxygen atoms in total. The Labute approximate surface area is 92.0 Å². The van der Waals surface area contributed by atoms with E-state index in [4.69, 9.17) is 5.73 Å². The van der Waals surface area contributed by atoms with Gasteiger partial charge in [0.05, 0.1) is 0 Å². The molecule has 0 unspecified atom stereocenters. The van der Waals surface area contributed by atoms with Crippen molar-refractivity contribution in [3.63, 3.8) is 0 Å². The molecule has 0 aromatic heterocycles. The summed E-state index contributed by atoms with van der Waals surface area (Å²) in [6, 6.07) is 0. The Kier molecular flexibility index (Phi) is 3.01. The van der Waals surface area contributed by atoms with Gasteiger partial charge in [0.2, 0.25) is 5.91 Å². The Morgan fingerprint density at radius 2 is 2.00 bits per heavy atom. The van der Waals surface area contributed by atoms with E-state index in [1.54, 1.807) is 0 Å². The van der Waals surface area contributed by atoms with Gasteiger partial charge in [-0.2, -0.15) is 0 Å². The largest absolute Gasteiger partial charge is 0.343 e. The van der Waals surface area contributed by atoms with Gasteiger partial charge < -0.3 is 10.6 Å². The van der Waals surface area contributed by atoms with Gasteiger partial charge in [-0.3, -0.25) is 4.79 Å². The molecule has 0 atom stereocenters.